The van der Waals surface area contributed by atoms with Gasteiger partial charge in [0.2, 0.25) is 0 Å². The third-order valence-corrected chi connectivity index (χ3v) is 3.90. The summed E-state index contributed by atoms with van der Waals surface area (Å²) >= 11 is 0. The van der Waals surface area contributed by atoms with Gasteiger partial charge in [-0.1, -0.05) is 51.9 Å². The Labute approximate surface area is 130 Å². The van der Waals surface area contributed by atoms with Crippen LogP contribution in [0, 0.1) is 0 Å². The van der Waals surface area contributed by atoms with Crippen LogP contribution in [0.3, 0.4) is 0 Å². The minimum Gasteiger partial charge on any atom is -0.497 e. The van der Waals surface area contributed by atoms with E-state index in [1.807, 2.05) is 24.3 Å². The first-order valence-electron chi connectivity index (χ1n) is 8.40. The number of rotatable bonds is 12. The molecule has 1 rings (SSSR count). The van der Waals surface area contributed by atoms with Gasteiger partial charge in [-0.05, 0) is 30.7 Å². The Balaban J connectivity index is 2.18. The highest BCUT2D eigenvalue weighted by atomic mass is 16.5. The van der Waals surface area contributed by atoms with Crippen LogP contribution in [-0.4, -0.2) is 19.7 Å². The van der Waals surface area contributed by atoms with E-state index in [1.165, 1.54) is 44.9 Å². The molecule has 1 aromatic carbocycles. The van der Waals surface area contributed by atoms with Crippen molar-refractivity contribution in [3.05, 3.63) is 24.3 Å². The second-order valence-electron chi connectivity index (χ2n) is 5.72. The molecule has 1 aromatic rings. The zero-order valence-corrected chi connectivity index (χ0v) is 13.7. The van der Waals surface area contributed by atoms with Crippen LogP contribution < -0.4 is 15.8 Å². The van der Waals surface area contributed by atoms with E-state index in [2.05, 4.69) is 12.2 Å². The van der Waals surface area contributed by atoms with Crippen LogP contribution in [0.4, 0.5) is 5.69 Å². The van der Waals surface area contributed by atoms with Gasteiger partial charge in [0.15, 0.2) is 0 Å². The van der Waals surface area contributed by atoms with Gasteiger partial charge in [0.05, 0.1) is 7.11 Å². The third-order valence-electron chi connectivity index (χ3n) is 3.90. The fraction of sp³-hybridized carbons (Fsp3) is 0.667. The summed E-state index contributed by atoms with van der Waals surface area (Å²) in [5.41, 5.74) is 6.99. The Morgan fingerprint density at radius 2 is 1.62 bits per heavy atom. The Morgan fingerprint density at radius 3 is 2.19 bits per heavy atom. The molecule has 3 heteroatoms. The molecule has 21 heavy (non-hydrogen) atoms. The van der Waals surface area contributed by atoms with E-state index in [1.54, 1.807) is 7.11 Å². The fourth-order valence-corrected chi connectivity index (χ4v) is 2.52. The molecule has 0 fully saturated rings. The van der Waals surface area contributed by atoms with Crippen molar-refractivity contribution in [2.45, 2.75) is 64.3 Å². The van der Waals surface area contributed by atoms with E-state index in [-0.39, 0.29) is 0 Å². The van der Waals surface area contributed by atoms with Crippen LogP contribution in [0.1, 0.15) is 58.3 Å². The molecule has 0 bridgehead atoms. The Morgan fingerprint density at radius 1 is 1.00 bits per heavy atom. The summed E-state index contributed by atoms with van der Waals surface area (Å²) in [4.78, 5) is 0. The topological polar surface area (TPSA) is 47.3 Å². The van der Waals surface area contributed by atoms with Crippen molar-refractivity contribution in [2.75, 3.05) is 19.0 Å². The maximum absolute atomic E-state index is 5.87. The lowest BCUT2D eigenvalue weighted by Crippen LogP contribution is -2.28. The molecule has 1 atom stereocenters. The second kappa shape index (κ2) is 11.4. The van der Waals surface area contributed by atoms with Gasteiger partial charge in [-0.15, -0.1) is 0 Å². The van der Waals surface area contributed by atoms with E-state index in [4.69, 9.17) is 10.5 Å². The summed E-state index contributed by atoms with van der Waals surface area (Å²) in [6.07, 6.45) is 10.6. The molecule has 0 aliphatic heterocycles. The van der Waals surface area contributed by atoms with Crippen LogP contribution in [0.5, 0.6) is 5.75 Å². The summed E-state index contributed by atoms with van der Waals surface area (Å²) in [5, 5.41) is 3.51. The van der Waals surface area contributed by atoms with Crippen molar-refractivity contribution in [3.63, 3.8) is 0 Å². The first-order chi connectivity index (χ1) is 10.3. The summed E-state index contributed by atoms with van der Waals surface area (Å²) < 4.78 is 5.17. The average molecular weight is 292 g/mol. The first-order valence-corrected chi connectivity index (χ1v) is 8.40. The summed E-state index contributed by atoms with van der Waals surface area (Å²) in [6, 6.07) is 8.42. The molecule has 3 nitrogen and oxygen atoms in total. The van der Waals surface area contributed by atoms with Crippen molar-refractivity contribution in [3.8, 4) is 5.75 Å². The predicted octanol–water partition coefficient (Wildman–Crippen LogP) is 4.58. The van der Waals surface area contributed by atoms with Gasteiger partial charge < -0.3 is 15.8 Å². The standard InChI is InChI=1S/C18H32N2O/c1-3-4-5-6-7-8-9-10-17(15-19)20-16-11-13-18(21-2)14-12-16/h11-14,17,20H,3-10,15,19H2,1-2H3. The van der Waals surface area contributed by atoms with Crippen LogP contribution in [-0.2, 0) is 0 Å². The van der Waals surface area contributed by atoms with E-state index < -0.39 is 0 Å². The minimum absolute atomic E-state index is 0.369. The molecule has 0 saturated carbocycles. The number of anilines is 1. The van der Waals surface area contributed by atoms with Gasteiger partial charge in [-0.3, -0.25) is 0 Å². The number of hydrogen-bond acceptors (Lipinski definition) is 3. The van der Waals surface area contributed by atoms with Crippen LogP contribution in [0.25, 0.3) is 0 Å². The monoisotopic (exact) mass is 292 g/mol. The lowest BCUT2D eigenvalue weighted by Gasteiger charge is -2.18. The smallest absolute Gasteiger partial charge is 0.119 e. The number of ether oxygens (including phenoxy) is 1. The van der Waals surface area contributed by atoms with E-state index >= 15 is 0 Å². The highest BCUT2D eigenvalue weighted by Gasteiger charge is 2.06. The Bertz CT molecular complexity index is 351. The highest BCUT2D eigenvalue weighted by molar-refractivity contribution is 5.47. The van der Waals surface area contributed by atoms with Gasteiger partial charge >= 0.3 is 0 Å². The zero-order chi connectivity index (χ0) is 15.3. The van der Waals surface area contributed by atoms with Crippen molar-refractivity contribution in [1.29, 1.82) is 0 Å². The molecular weight excluding hydrogens is 260 g/mol. The van der Waals surface area contributed by atoms with E-state index in [0.717, 1.165) is 17.9 Å². The normalized spacial score (nSPS) is 12.1. The number of unbranched alkanes of at least 4 members (excludes halogenated alkanes) is 6. The lowest BCUT2D eigenvalue weighted by atomic mass is 10.0. The molecule has 120 valence electrons. The molecule has 0 heterocycles. The molecule has 1 unspecified atom stereocenters. The lowest BCUT2D eigenvalue weighted by molar-refractivity contribution is 0.415. The first kappa shape index (κ1) is 17.8. The Hall–Kier alpha value is -1.22. The van der Waals surface area contributed by atoms with Gasteiger partial charge in [0, 0.05) is 18.3 Å². The van der Waals surface area contributed by atoms with E-state index in [0.29, 0.717) is 12.6 Å². The highest BCUT2D eigenvalue weighted by Crippen LogP contribution is 2.17. The van der Waals surface area contributed by atoms with Crippen LogP contribution >= 0.6 is 0 Å². The van der Waals surface area contributed by atoms with Gasteiger partial charge in [0.1, 0.15) is 5.75 Å². The largest absolute Gasteiger partial charge is 0.497 e. The molecule has 3 N–H and O–H groups in total. The second-order valence-corrected chi connectivity index (χ2v) is 5.72. The number of methoxy groups -OCH3 is 1. The van der Waals surface area contributed by atoms with Gasteiger partial charge in [0.25, 0.3) is 0 Å². The van der Waals surface area contributed by atoms with Crippen molar-refractivity contribution in [2.24, 2.45) is 5.73 Å². The summed E-state index contributed by atoms with van der Waals surface area (Å²) in [7, 11) is 1.69. The molecule has 0 aliphatic rings. The summed E-state index contributed by atoms with van der Waals surface area (Å²) in [5.74, 6) is 0.886. The van der Waals surface area contributed by atoms with Gasteiger partial charge in [-0.25, -0.2) is 0 Å². The number of nitrogens with one attached hydrogen (secondary N) is 1. The maximum atomic E-state index is 5.87. The molecule has 0 amide bonds. The molecule has 0 aromatic heterocycles. The molecule has 0 saturated heterocycles. The summed E-state index contributed by atoms with van der Waals surface area (Å²) in [6.45, 7) is 2.94. The van der Waals surface area contributed by atoms with Crippen LogP contribution in [0.15, 0.2) is 24.3 Å². The van der Waals surface area contributed by atoms with Gasteiger partial charge in [-0.2, -0.15) is 0 Å². The average Bonchev–Trinajstić information content (AvgIpc) is 2.53. The maximum Gasteiger partial charge on any atom is 0.119 e. The molecule has 0 radical (unpaired) electrons. The molecular formula is C18H32N2O. The molecule has 0 aliphatic carbocycles. The molecule has 0 spiro atoms. The number of benzene rings is 1. The van der Waals surface area contributed by atoms with Crippen LogP contribution in [0.2, 0.25) is 0 Å². The fourth-order valence-electron chi connectivity index (χ4n) is 2.52. The quantitative estimate of drug-likeness (QED) is 0.555. The SMILES string of the molecule is CCCCCCCCCC(CN)Nc1ccc(OC)cc1. The van der Waals surface area contributed by atoms with Crippen molar-refractivity contribution in [1.82, 2.24) is 0 Å². The van der Waals surface area contributed by atoms with Crippen molar-refractivity contribution < 1.29 is 4.74 Å². The minimum atomic E-state index is 0.369. The van der Waals surface area contributed by atoms with Crippen molar-refractivity contribution >= 4 is 5.69 Å². The predicted molar refractivity (Wildman–Crippen MR) is 92.1 cm³/mol. The zero-order valence-electron chi connectivity index (χ0n) is 13.7. The van der Waals surface area contributed by atoms with E-state index in [9.17, 15) is 0 Å². The third kappa shape index (κ3) is 7.96. The Kier molecular flexibility index (Phi) is 9.71. The number of hydrogen-bond donors (Lipinski definition) is 2. The number of nitrogens with two attached hydrogens (primary N) is 1.